The number of carbonyl (C=O) groups is 2. The van der Waals surface area contributed by atoms with Gasteiger partial charge in [0, 0.05) is 51.4 Å². The molecule has 3 aliphatic rings. The Balaban J connectivity index is 1.39. The number of aromatic nitrogens is 1. The molecule has 1 aromatic heterocycles. The Morgan fingerprint density at radius 1 is 0.935 bits per heavy atom. The molecule has 0 radical (unpaired) electrons. The highest BCUT2D eigenvalue weighted by Crippen LogP contribution is 2.27. The number of sulfonamides is 1. The maximum absolute atomic E-state index is 13.2. The molecule has 0 bridgehead atoms. The van der Waals surface area contributed by atoms with Crippen LogP contribution in [0.3, 0.4) is 0 Å². The Morgan fingerprint density at radius 2 is 1.58 bits per heavy atom. The second-order valence-electron chi connectivity index (χ2n) is 9.19. The van der Waals surface area contributed by atoms with Crippen LogP contribution >= 0.6 is 0 Å². The van der Waals surface area contributed by atoms with E-state index in [2.05, 4.69) is 5.32 Å². The van der Waals surface area contributed by atoms with E-state index in [1.165, 1.54) is 29.4 Å². The third kappa shape index (κ3) is 4.82. The maximum atomic E-state index is 13.2. The van der Waals surface area contributed by atoms with Crippen molar-refractivity contribution in [2.45, 2.75) is 68.7 Å². The summed E-state index contributed by atoms with van der Waals surface area (Å²) in [6, 6.07) is 1.79. The van der Waals surface area contributed by atoms with Gasteiger partial charge in [-0.3, -0.25) is 9.59 Å². The average Bonchev–Trinajstić information content (AvgIpc) is 3.44. The maximum Gasteiger partial charge on any atom is 0.270 e. The van der Waals surface area contributed by atoms with Crippen LogP contribution in [0.2, 0.25) is 0 Å². The second-order valence-corrected chi connectivity index (χ2v) is 11.1. The molecule has 1 aromatic rings. The van der Waals surface area contributed by atoms with Gasteiger partial charge in [-0.2, -0.15) is 4.31 Å². The molecule has 9 heteroatoms. The lowest BCUT2D eigenvalue weighted by Crippen LogP contribution is -2.44. The fourth-order valence-corrected chi connectivity index (χ4v) is 6.59. The molecule has 0 atom stereocenters. The molecular formula is C22H34N4O4S. The number of piperidine rings is 2. The van der Waals surface area contributed by atoms with Crippen LogP contribution in [-0.4, -0.2) is 66.2 Å². The van der Waals surface area contributed by atoms with Crippen LogP contribution in [0.1, 0.15) is 68.3 Å². The third-order valence-corrected chi connectivity index (χ3v) is 8.87. The molecule has 0 unspecified atom stereocenters. The highest BCUT2D eigenvalue weighted by atomic mass is 32.2. The van der Waals surface area contributed by atoms with Crippen LogP contribution in [0, 0.1) is 5.92 Å². The summed E-state index contributed by atoms with van der Waals surface area (Å²) < 4.78 is 29.5. The number of carbonyl (C=O) groups excluding carboxylic acids is 2. The van der Waals surface area contributed by atoms with Gasteiger partial charge in [0.05, 0.1) is 0 Å². The Labute approximate surface area is 185 Å². The van der Waals surface area contributed by atoms with Crippen LogP contribution in [0.5, 0.6) is 0 Å². The van der Waals surface area contributed by atoms with Gasteiger partial charge in [-0.05, 0) is 51.0 Å². The summed E-state index contributed by atoms with van der Waals surface area (Å²) >= 11 is 0. The van der Waals surface area contributed by atoms with Crippen molar-refractivity contribution in [3.05, 3.63) is 18.0 Å². The largest absolute Gasteiger partial charge is 0.353 e. The van der Waals surface area contributed by atoms with Crippen molar-refractivity contribution >= 4 is 21.8 Å². The Bertz CT molecular complexity index is 906. The molecule has 0 aromatic carbocycles. The summed E-state index contributed by atoms with van der Waals surface area (Å²) in [7, 11) is -1.97. The zero-order valence-corrected chi connectivity index (χ0v) is 19.2. The molecule has 3 fully saturated rings. The number of nitrogens with zero attached hydrogens (tertiary/aromatic N) is 3. The normalized spacial score (nSPS) is 22.0. The van der Waals surface area contributed by atoms with Gasteiger partial charge in [-0.15, -0.1) is 0 Å². The molecule has 1 saturated carbocycles. The average molecular weight is 451 g/mol. The fraction of sp³-hybridized carbons (Fsp3) is 0.727. The summed E-state index contributed by atoms with van der Waals surface area (Å²) in [5.74, 6) is -0.164. The van der Waals surface area contributed by atoms with E-state index < -0.39 is 10.0 Å². The topological polar surface area (TPSA) is 91.7 Å². The molecule has 8 nitrogen and oxygen atoms in total. The monoisotopic (exact) mass is 450 g/mol. The molecule has 3 heterocycles. The first-order valence-electron chi connectivity index (χ1n) is 11.6. The highest BCUT2D eigenvalue weighted by molar-refractivity contribution is 7.89. The standard InChI is InChI=1S/C22H34N4O4S/c1-24-16-19(15-20(24)22(28)25-11-5-2-6-12-25)31(29,30)26-13-9-17(10-14-26)21(27)23-18-7-3-4-8-18/h15-18H,2-14H2,1H3,(H,23,27). The predicted octanol–water partition coefficient (Wildman–Crippen LogP) is 2.11. The second kappa shape index (κ2) is 9.32. The lowest BCUT2D eigenvalue weighted by atomic mass is 9.97. The molecule has 4 rings (SSSR count). The van der Waals surface area contributed by atoms with Gasteiger partial charge in [0.15, 0.2) is 0 Å². The lowest BCUT2D eigenvalue weighted by molar-refractivity contribution is -0.126. The van der Waals surface area contributed by atoms with E-state index in [0.29, 0.717) is 31.6 Å². The zero-order valence-electron chi connectivity index (χ0n) is 18.4. The SMILES string of the molecule is Cn1cc(S(=O)(=O)N2CCC(C(=O)NC3CCCC3)CC2)cc1C(=O)N1CCCCC1. The number of hydrogen-bond acceptors (Lipinski definition) is 4. The van der Waals surface area contributed by atoms with E-state index in [1.54, 1.807) is 11.6 Å². The van der Waals surface area contributed by atoms with Gasteiger partial charge < -0.3 is 14.8 Å². The Morgan fingerprint density at radius 3 is 2.23 bits per heavy atom. The first-order chi connectivity index (χ1) is 14.9. The minimum atomic E-state index is -3.69. The van der Waals surface area contributed by atoms with Crippen molar-refractivity contribution in [3.8, 4) is 0 Å². The van der Waals surface area contributed by atoms with Crippen LogP contribution in [0.25, 0.3) is 0 Å². The van der Waals surface area contributed by atoms with Crippen molar-refractivity contribution < 1.29 is 18.0 Å². The minimum Gasteiger partial charge on any atom is -0.353 e. The molecule has 2 aliphatic heterocycles. The molecule has 2 amide bonds. The van der Waals surface area contributed by atoms with Crippen LogP contribution in [0.15, 0.2) is 17.2 Å². The molecular weight excluding hydrogens is 416 g/mol. The molecule has 31 heavy (non-hydrogen) atoms. The quantitative estimate of drug-likeness (QED) is 0.744. The van der Waals surface area contributed by atoms with Gasteiger partial charge >= 0.3 is 0 Å². The van der Waals surface area contributed by atoms with E-state index in [1.807, 2.05) is 4.90 Å². The van der Waals surface area contributed by atoms with Crippen molar-refractivity contribution in [1.29, 1.82) is 0 Å². The van der Waals surface area contributed by atoms with Crippen LogP contribution < -0.4 is 5.32 Å². The van der Waals surface area contributed by atoms with Gasteiger partial charge in [0.25, 0.3) is 5.91 Å². The van der Waals surface area contributed by atoms with E-state index in [0.717, 1.165) is 45.2 Å². The number of likely N-dealkylation sites (tertiary alicyclic amines) is 1. The van der Waals surface area contributed by atoms with Gasteiger partial charge in [-0.1, -0.05) is 12.8 Å². The molecule has 1 N–H and O–H groups in total. The zero-order chi connectivity index (χ0) is 22.0. The van der Waals surface area contributed by atoms with E-state index in [9.17, 15) is 18.0 Å². The van der Waals surface area contributed by atoms with Gasteiger partial charge in [-0.25, -0.2) is 8.42 Å². The predicted molar refractivity (Wildman–Crippen MR) is 117 cm³/mol. The van der Waals surface area contributed by atoms with Gasteiger partial charge in [0.2, 0.25) is 15.9 Å². The minimum absolute atomic E-state index is 0.0677. The van der Waals surface area contributed by atoms with Crippen molar-refractivity contribution in [2.24, 2.45) is 13.0 Å². The Hall–Kier alpha value is -1.87. The number of aryl methyl sites for hydroxylation is 1. The van der Waals surface area contributed by atoms with E-state index >= 15 is 0 Å². The van der Waals surface area contributed by atoms with Crippen LogP contribution in [0.4, 0.5) is 0 Å². The summed E-state index contributed by atoms with van der Waals surface area (Å²) in [5, 5.41) is 3.14. The van der Waals surface area contributed by atoms with Crippen molar-refractivity contribution in [2.75, 3.05) is 26.2 Å². The smallest absolute Gasteiger partial charge is 0.270 e. The summed E-state index contributed by atoms with van der Waals surface area (Å²) in [4.78, 5) is 27.3. The number of hydrogen-bond donors (Lipinski definition) is 1. The first-order valence-corrected chi connectivity index (χ1v) is 13.1. The summed E-state index contributed by atoms with van der Waals surface area (Å²) in [6.07, 6.45) is 10.1. The first kappa shape index (κ1) is 22.3. The number of rotatable bonds is 5. The Kier molecular flexibility index (Phi) is 6.71. The highest BCUT2D eigenvalue weighted by Gasteiger charge is 2.34. The molecule has 172 valence electrons. The molecule has 0 spiro atoms. The fourth-order valence-electron chi connectivity index (χ4n) is 5.04. The number of amides is 2. The van der Waals surface area contributed by atoms with Crippen LogP contribution in [-0.2, 0) is 21.9 Å². The summed E-state index contributed by atoms with van der Waals surface area (Å²) in [5.41, 5.74) is 0.409. The van der Waals surface area contributed by atoms with Crippen molar-refractivity contribution in [3.63, 3.8) is 0 Å². The third-order valence-electron chi connectivity index (χ3n) is 7.01. The molecule has 1 aliphatic carbocycles. The van der Waals surface area contributed by atoms with E-state index in [4.69, 9.17) is 0 Å². The van der Waals surface area contributed by atoms with Crippen molar-refractivity contribution in [1.82, 2.24) is 19.1 Å². The lowest BCUT2D eigenvalue weighted by Gasteiger charge is -2.30. The molecule has 2 saturated heterocycles. The van der Waals surface area contributed by atoms with Gasteiger partial charge in [0.1, 0.15) is 10.6 Å². The summed E-state index contributed by atoms with van der Waals surface area (Å²) in [6.45, 7) is 2.11. The van der Waals surface area contributed by atoms with E-state index in [-0.39, 0.29) is 28.7 Å². The number of nitrogens with one attached hydrogen (secondary N) is 1.